The average Bonchev–Trinajstić information content (AvgIpc) is 3.74. The lowest BCUT2D eigenvalue weighted by atomic mass is 9.91. The Morgan fingerprint density at radius 1 is 0.422 bits per heavy atom. The van der Waals surface area contributed by atoms with Crippen LogP contribution in [0.4, 0.5) is 11.4 Å². The first-order valence-corrected chi connectivity index (χ1v) is 15.7. The smallest absolute Gasteiger partial charge is 0.0629 e. The van der Waals surface area contributed by atoms with E-state index in [-0.39, 0.29) is 6.04 Å². The van der Waals surface area contributed by atoms with Gasteiger partial charge in [-0.25, -0.2) is 0 Å². The molecule has 0 bridgehead atoms. The van der Waals surface area contributed by atoms with Gasteiger partial charge in [-0.05, 0) is 60.2 Å². The summed E-state index contributed by atoms with van der Waals surface area (Å²) in [7, 11) is 0. The van der Waals surface area contributed by atoms with Crippen molar-refractivity contribution in [2.45, 2.75) is 12.0 Å². The fourth-order valence-corrected chi connectivity index (χ4v) is 7.99. The van der Waals surface area contributed by atoms with Crippen LogP contribution in [-0.4, -0.2) is 15.2 Å². The lowest BCUT2D eigenvalue weighted by molar-refractivity contribution is 0.745. The molecule has 2 aromatic heterocycles. The molecule has 3 heterocycles. The highest BCUT2D eigenvalue weighted by Gasteiger charge is 2.39. The van der Waals surface area contributed by atoms with Crippen LogP contribution in [0.1, 0.15) is 11.5 Å². The number of aromatic nitrogens is 2. The standard InChI is InChI=1S/C42H29N3/c1-3-13-28(14-4-1)43-36-20-10-7-17-31(36)33-24-23-30(27-40(33)43)44-38-22-12-9-19-35(38)41-39(44)26-25-34-32-18-8-11-21-37(32)45(42(34)41)29-15-5-2-6-16-29/h1-27,32,37H. The summed E-state index contributed by atoms with van der Waals surface area (Å²) in [6.07, 6.45) is 9.13. The molecular formula is C42H29N3. The molecule has 0 saturated carbocycles. The third-order valence-electron chi connectivity index (χ3n) is 9.81. The maximum absolute atomic E-state index is 2.57. The van der Waals surface area contributed by atoms with Crippen molar-refractivity contribution >= 4 is 55.0 Å². The Kier molecular flexibility index (Phi) is 5.11. The fourth-order valence-electron chi connectivity index (χ4n) is 7.99. The van der Waals surface area contributed by atoms with Gasteiger partial charge in [0.1, 0.15) is 0 Å². The van der Waals surface area contributed by atoms with Gasteiger partial charge >= 0.3 is 0 Å². The van der Waals surface area contributed by atoms with Crippen LogP contribution in [-0.2, 0) is 0 Å². The van der Waals surface area contributed by atoms with Gasteiger partial charge in [0.05, 0.1) is 33.8 Å². The van der Waals surface area contributed by atoms with Gasteiger partial charge in [0, 0.05) is 44.5 Å². The van der Waals surface area contributed by atoms with Crippen LogP contribution in [0.25, 0.3) is 55.0 Å². The van der Waals surface area contributed by atoms with E-state index < -0.39 is 0 Å². The first kappa shape index (κ1) is 24.6. The van der Waals surface area contributed by atoms with Crippen LogP contribution in [0.15, 0.2) is 164 Å². The van der Waals surface area contributed by atoms with Gasteiger partial charge in [-0.2, -0.15) is 0 Å². The van der Waals surface area contributed by atoms with E-state index >= 15 is 0 Å². The molecule has 3 heteroatoms. The molecule has 45 heavy (non-hydrogen) atoms. The van der Waals surface area contributed by atoms with Gasteiger partial charge < -0.3 is 14.0 Å². The zero-order chi connectivity index (χ0) is 29.5. The summed E-state index contributed by atoms with van der Waals surface area (Å²) >= 11 is 0. The highest BCUT2D eigenvalue weighted by atomic mass is 15.2. The zero-order valence-electron chi connectivity index (χ0n) is 24.6. The first-order chi connectivity index (χ1) is 22.4. The Labute approximate surface area is 261 Å². The molecule has 0 fully saturated rings. The number of hydrogen-bond donors (Lipinski definition) is 0. The SMILES string of the molecule is C1=CC2c3ccc4c(c3N(c3ccccc3)C2C=C1)c1ccccc1n4-c1ccc2c3ccccc3n(-c3ccccc3)c2c1. The monoisotopic (exact) mass is 575 g/mol. The second kappa shape index (κ2) is 9.35. The number of nitrogens with zero attached hydrogens (tertiary/aromatic N) is 3. The summed E-state index contributed by atoms with van der Waals surface area (Å²) < 4.78 is 4.87. The van der Waals surface area contributed by atoms with Gasteiger partial charge in [-0.3, -0.25) is 0 Å². The third kappa shape index (κ3) is 3.41. The predicted octanol–water partition coefficient (Wildman–Crippen LogP) is 10.6. The van der Waals surface area contributed by atoms with Crippen LogP contribution in [0.5, 0.6) is 0 Å². The topological polar surface area (TPSA) is 13.1 Å². The van der Waals surface area contributed by atoms with Crippen LogP contribution in [0.2, 0.25) is 0 Å². The minimum Gasteiger partial charge on any atom is -0.333 e. The molecule has 0 saturated heterocycles. The van der Waals surface area contributed by atoms with Crippen molar-refractivity contribution in [3.63, 3.8) is 0 Å². The molecule has 10 rings (SSSR count). The Morgan fingerprint density at radius 3 is 1.84 bits per heavy atom. The quantitative estimate of drug-likeness (QED) is 0.204. The van der Waals surface area contributed by atoms with Crippen molar-refractivity contribution in [3.05, 3.63) is 169 Å². The summed E-state index contributed by atoms with van der Waals surface area (Å²) in [6.45, 7) is 0. The summed E-state index contributed by atoms with van der Waals surface area (Å²) in [5.41, 5.74) is 11.1. The lowest BCUT2D eigenvalue weighted by Gasteiger charge is -2.29. The van der Waals surface area contributed by atoms with E-state index in [2.05, 4.69) is 178 Å². The van der Waals surface area contributed by atoms with Crippen molar-refractivity contribution in [2.24, 2.45) is 0 Å². The van der Waals surface area contributed by atoms with E-state index in [1.165, 1.54) is 66.2 Å². The number of hydrogen-bond acceptors (Lipinski definition) is 1. The molecule has 1 aliphatic heterocycles. The minimum atomic E-state index is 0.248. The lowest BCUT2D eigenvalue weighted by Crippen LogP contribution is -2.28. The van der Waals surface area contributed by atoms with E-state index in [0.29, 0.717) is 5.92 Å². The van der Waals surface area contributed by atoms with Gasteiger partial charge in [-0.15, -0.1) is 0 Å². The maximum Gasteiger partial charge on any atom is 0.0629 e. The molecule has 1 aliphatic carbocycles. The third-order valence-corrected chi connectivity index (χ3v) is 9.81. The fraction of sp³-hybridized carbons (Fsp3) is 0.0476. The number of para-hydroxylation sites is 4. The molecule has 2 aliphatic rings. The van der Waals surface area contributed by atoms with E-state index in [1.54, 1.807) is 0 Å². The molecule has 212 valence electrons. The van der Waals surface area contributed by atoms with Crippen molar-refractivity contribution < 1.29 is 0 Å². The predicted molar refractivity (Wildman–Crippen MR) is 189 cm³/mol. The molecule has 8 aromatic rings. The number of anilines is 2. The maximum atomic E-state index is 2.57. The molecule has 0 amide bonds. The molecule has 2 atom stereocenters. The molecular weight excluding hydrogens is 546 g/mol. The highest BCUT2D eigenvalue weighted by Crippen LogP contribution is 2.53. The Bertz CT molecular complexity index is 2500. The average molecular weight is 576 g/mol. The molecule has 3 nitrogen and oxygen atoms in total. The molecule has 2 unspecified atom stereocenters. The molecule has 0 N–H and O–H groups in total. The Morgan fingerprint density at radius 2 is 1.04 bits per heavy atom. The van der Waals surface area contributed by atoms with Crippen molar-refractivity contribution in [1.82, 2.24) is 9.13 Å². The molecule has 6 aromatic carbocycles. The number of benzene rings is 6. The number of rotatable bonds is 3. The van der Waals surface area contributed by atoms with Crippen LogP contribution in [0.3, 0.4) is 0 Å². The second-order valence-corrected chi connectivity index (χ2v) is 12.1. The van der Waals surface area contributed by atoms with Crippen molar-refractivity contribution in [1.29, 1.82) is 0 Å². The van der Waals surface area contributed by atoms with Crippen LogP contribution >= 0.6 is 0 Å². The zero-order valence-corrected chi connectivity index (χ0v) is 24.6. The van der Waals surface area contributed by atoms with E-state index in [0.717, 1.165) is 5.69 Å². The van der Waals surface area contributed by atoms with Crippen molar-refractivity contribution in [3.8, 4) is 11.4 Å². The van der Waals surface area contributed by atoms with E-state index in [9.17, 15) is 0 Å². The van der Waals surface area contributed by atoms with Crippen molar-refractivity contribution in [2.75, 3.05) is 4.90 Å². The number of allylic oxidation sites excluding steroid dienone is 2. The molecule has 0 spiro atoms. The summed E-state index contributed by atoms with van der Waals surface area (Å²) in [4.78, 5) is 2.57. The summed E-state index contributed by atoms with van der Waals surface area (Å²) in [6, 6.07) is 51.2. The molecule has 0 radical (unpaired) electrons. The van der Waals surface area contributed by atoms with Gasteiger partial charge in [-0.1, -0.05) is 109 Å². The van der Waals surface area contributed by atoms with Crippen LogP contribution < -0.4 is 4.90 Å². The second-order valence-electron chi connectivity index (χ2n) is 12.1. The van der Waals surface area contributed by atoms with Gasteiger partial charge in [0.25, 0.3) is 0 Å². The van der Waals surface area contributed by atoms with Gasteiger partial charge in [0.2, 0.25) is 0 Å². The van der Waals surface area contributed by atoms with Crippen LogP contribution in [0, 0.1) is 0 Å². The number of fused-ring (bicyclic) bond motifs is 10. The van der Waals surface area contributed by atoms with Gasteiger partial charge in [0.15, 0.2) is 0 Å². The van der Waals surface area contributed by atoms with E-state index in [1.807, 2.05) is 0 Å². The largest absolute Gasteiger partial charge is 0.333 e. The summed E-state index contributed by atoms with van der Waals surface area (Å²) in [5, 5.41) is 5.12. The first-order valence-electron chi connectivity index (χ1n) is 15.7. The Hall–Kier alpha value is -5.80. The van der Waals surface area contributed by atoms with E-state index in [4.69, 9.17) is 0 Å². The minimum absolute atomic E-state index is 0.248. The summed E-state index contributed by atoms with van der Waals surface area (Å²) in [5.74, 6) is 0.314. The normalized spacial score (nSPS) is 17.1. The highest BCUT2D eigenvalue weighted by molar-refractivity contribution is 6.18. The Balaban J connectivity index is 1.29.